The predicted octanol–water partition coefficient (Wildman–Crippen LogP) is 3.52. The van der Waals surface area contributed by atoms with E-state index in [1.165, 1.54) is 28.7 Å². The molecule has 3 heteroatoms. The van der Waals surface area contributed by atoms with Crippen molar-refractivity contribution in [2.24, 2.45) is 5.92 Å². The first-order chi connectivity index (χ1) is 10.2. The van der Waals surface area contributed by atoms with Crippen LogP contribution in [0.5, 0.6) is 0 Å². The fourth-order valence-electron chi connectivity index (χ4n) is 3.34. The molecule has 0 aromatic heterocycles. The van der Waals surface area contributed by atoms with Gasteiger partial charge in [-0.3, -0.25) is 0 Å². The fraction of sp³-hybridized carbons (Fsp3) is 0.389. The number of methoxy groups -OCH3 is 1. The SMILES string of the molecule is CO[C](=[Cr])C1=C(/C(C)=C/c2ccccc2)C2CCCOC12. The Bertz CT molecular complexity index is 601. The summed E-state index contributed by atoms with van der Waals surface area (Å²) in [4.78, 5) is 0. The van der Waals surface area contributed by atoms with Crippen molar-refractivity contribution >= 4 is 10.6 Å². The summed E-state index contributed by atoms with van der Waals surface area (Å²) in [6, 6.07) is 10.5. The van der Waals surface area contributed by atoms with E-state index >= 15 is 0 Å². The van der Waals surface area contributed by atoms with Gasteiger partial charge in [0.1, 0.15) is 0 Å². The average molecular weight is 320 g/mol. The number of allylic oxidation sites excluding steroid dienone is 1. The van der Waals surface area contributed by atoms with Gasteiger partial charge >= 0.3 is 134 Å². The number of hydrogen-bond acceptors (Lipinski definition) is 2. The molecule has 110 valence electrons. The molecule has 1 saturated heterocycles. The van der Waals surface area contributed by atoms with E-state index in [2.05, 4.69) is 53.1 Å². The minimum atomic E-state index is 0.212. The van der Waals surface area contributed by atoms with Crippen LogP contribution in [0.15, 0.2) is 47.1 Å². The Morgan fingerprint density at radius 3 is 2.76 bits per heavy atom. The molecule has 0 bridgehead atoms. The predicted molar refractivity (Wildman–Crippen MR) is 81.6 cm³/mol. The van der Waals surface area contributed by atoms with Crippen molar-refractivity contribution < 1.29 is 25.3 Å². The van der Waals surface area contributed by atoms with Gasteiger partial charge in [-0.15, -0.1) is 0 Å². The quantitative estimate of drug-likeness (QED) is 0.845. The van der Waals surface area contributed by atoms with Crippen molar-refractivity contribution in [1.82, 2.24) is 0 Å². The van der Waals surface area contributed by atoms with Gasteiger partial charge < -0.3 is 0 Å². The molecule has 0 amide bonds. The maximum absolute atomic E-state index is 5.94. The third-order valence-electron chi connectivity index (χ3n) is 4.28. The van der Waals surface area contributed by atoms with Crippen LogP contribution in [-0.4, -0.2) is 24.4 Å². The summed E-state index contributed by atoms with van der Waals surface area (Å²) in [5, 5.41) is 0. The standard InChI is InChI=1S/C18H20O2.Cr/c1-13(11-14-7-4-3-5-8-14)17-15-9-6-10-20-18(15)16(17)12-19-2;/h3-5,7-8,11,15,18H,6,9-10H2,1-2H3;/b13-11+;. The molecule has 1 fully saturated rings. The van der Waals surface area contributed by atoms with Crippen LogP contribution in [0.2, 0.25) is 0 Å². The van der Waals surface area contributed by atoms with Crippen molar-refractivity contribution in [3.63, 3.8) is 0 Å². The molecule has 2 nitrogen and oxygen atoms in total. The zero-order valence-electron chi connectivity index (χ0n) is 12.5. The fourth-order valence-corrected chi connectivity index (χ4v) is 3.69. The zero-order chi connectivity index (χ0) is 14.8. The summed E-state index contributed by atoms with van der Waals surface area (Å²) in [6.45, 7) is 3.05. The summed E-state index contributed by atoms with van der Waals surface area (Å²) in [7, 11) is 1.71. The molecule has 2 unspecified atom stereocenters. The molecule has 3 rings (SSSR count). The van der Waals surface area contributed by atoms with E-state index in [1.807, 2.05) is 6.07 Å². The third kappa shape index (κ3) is 2.84. The molecule has 1 aliphatic heterocycles. The second-order valence-electron chi connectivity index (χ2n) is 5.60. The van der Waals surface area contributed by atoms with Crippen LogP contribution in [0, 0.1) is 5.92 Å². The molecule has 2 atom stereocenters. The van der Waals surface area contributed by atoms with Crippen LogP contribution >= 0.6 is 0 Å². The molecule has 1 heterocycles. The molecule has 0 spiro atoms. The van der Waals surface area contributed by atoms with Crippen molar-refractivity contribution in [2.75, 3.05) is 13.7 Å². The molecule has 1 aliphatic carbocycles. The number of ether oxygens (including phenoxy) is 2. The number of benzene rings is 1. The van der Waals surface area contributed by atoms with E-state index in [0.29, 0.717) is 5.92 Å². The van der Waals surface area contributed by atoms with Crippen molar-refractivity contribution in [3.05, 3.63) is 52.6 Å². The van der Waals surface area contributed by atoms with Gasteiger partial charge in [-0.25, -0.2) is 0 Å². The molecule has 21 heavy (non-hydrogen) atoms. The minimum absolute atomic E-state index is 0.212. The molecular weight excluding hydrogens is 300 g/mol. The van der Waals surface area contributed by atoms with Crippen molar-refractivity contribution in [1.29, 1.82) is 0 Å². The summed E-state index contributed by atoms with van der Waals surface area (Å²) >= 11 is 3.04. The van der Waals surface area contributed by atoms with E-state index in [1.54, 1.807) is 7.11 Å². The van der Waals surface area contributed by atoms with E-state index in [9.17, 15) is 0 Å². The first-order valence-corrected chi connectivity index (χ1v) is 8.04. The van der Waals surface area contributed by atoms with E-state index < -0.39 is 0 Å². The molecular formula is C18H20CrO2. The summed E-state index contributed by atoms with van der Waals surface area (Å²) in [6.07, 6.45) is 4.82. The van der Waals surface area contributed by atoms with Gasteiger partial charge in [0.05, 0.1) is 0 Å². The average Bonchev–Trinajstić information content (AvgIpc) is 2.49. The normalized spacial score (nSPS) is 25.3. The van der Waals surface area contributed by atoms with Gasteiger partial charge in [0.2, 0.25) is 0 Å². The maximum atomic E-state index is 5.94. The van der Waals surface area contributed by atoms with Crippen LogP contribution < -0.4 is 0 Å². The van der Waals surface area contributed by atoms with Gasteiger partial charge in [-0.05, 0) is 0 Å². The topological polar surface area (TPSA) is 18.5 Å². The molecule has 1 aromatic rings. The second kappa shape index (κ2) is 6.42. The van der Waals surface area contributed by atoms with E-state index in [0.717, 1.165) is 17.6 Å². The summed E-state index contributed by atoms with van der Waals surface area (Å²) in [5.41, 5.74) is 5.17. The van der Waals surface area contributed by atoms with Crippen LogP contribution in [0.4, 0.5) is 0 Å². The Balaban J connectivity index is 1.97. The van der Waals surface area contributed by atoms with Crippen LogP contribution in [0.25, 0.3) is 6.08 Å². The molecule has 0 N–H and O–H groups in total. The van der Waals surface area contributed by atoms with Crippen LogP contribution in [0.3, 0.4) is 0 Å². The summed E-state index contributed by atoms with van der Waals surface area (Å²) in [5.74, 6) is 0.521. The Morgan fingerprint density at radius 2 is 2.05 bits per heavy atom. The van der Waals surface area contributed by atoms with E-state index in [4.69, 9.17) is 9.47 Å². The Morgan fingerprint density at radius 1 is 1.29 bits per heavy atom. The number of hydrogen-bond donors (Lipinski definition) is 0. The monoisotopic (exact) mass is 320 g/mol. The Kier molecular flexibility index (Phi) is 4.57. The van der Waals surface area contributed by atoms with Gasteiger partial charge in [-0.1, -0.05) is 0 Å². The first-order valence-electron chi connectivity index (χ1n) is 7.40. The molecule has 1 aromatic carbocycles. The first kappa shape index (κ1) is 14.9. The zero-order valence-corrected chi connectivity index (χ0v) is 13.7. The van der Waals surface area contributed by atoms with Gasteiger partial charge in [0.25, 0.3) is 0 Å². The molecule has 0 saturated carbocycles. The van der Waals surface area contributed by atoms with Gasteiger partial charge in [0.15, 0.2) is 0 Å². The van der Waals surface area contributed by atoms with Gasteiger partial charge in [-0.2, -0.15) is 0 Å². The van der Waals surface area contributed by atoms with Gasteiger partial charge in [0, 0.05) is 0 Å². The number of rotatable bonds is 4. The van der Waals surface area contributed by atoms with Crippen LogP contribution in [-0.2, 0) is 25.3 Å². The summed E-state index contributed by atoms with van der Waals surface area (Å²) < 4.78 is 12.2. The molecule has 2 aliphatic rings. The molecule has 0 radical (unpaired) electrons. The van der Waals surface area contributed by atoms with E-state index in [-0.39, 0.29) is 6.10 Å². The Hall–Kier alpha value is -0.978. The second-order valence-corrected chi connectivity index (χ2v) is 6.18. The van der Waals surface area contributed by atoms with Crippen molar-refractivity contribution in [3.8, 4) is 0 Å². The number of fused-ring (bicyclic) bond motifs is 1. The third-order valence-corrected chi connectivity index (χ3v) is 4.88. The van der Waals surface area contributed by atoms with Crippen molar-refractivity contribution in [2.45, 2.75) is 25.9 Å². The Labute approximate surface area is 134 Å². The van der Waals surface area contributed by atoms with Crippen LogP contribution in [0.1, 0.15) is 25.3 Å².